The van der Waals surface area contributed by atoms with Gasteiger partial charge in [0, 0.05) is 0 Å². The fourth-order valence-corrected chi connectivity index (χ4v) is 3.35. The molecule has 130 valence electrons. The van der Waals surface area contributed by atoms with Crippen molar-refractivity contribution in [3.05, 3.63) is 71.8 Å². The predicted octanol–water partition coefficient (Wildman–Crippen LogP) is 2.33. The highest BCUT2D eigenvalue weighted by Crippen LogP contribution is 2.37. The van der Waals surface area contributed by atoms with Crippen LogP contribution in [-0.4, -0.2) is 34.4 Å². The number of hydrogen-bond donors (Lipinski definition) is 1. The molecule has 0 saturated carbocycles. The van der Waals surface area contributed by atoms with Gasteiger partial charge >= 0.3 is 5.97 Å². The van der Waals surface area contributed by atoms with Crippen LogP contribution in [0, 0.1) is 0 Å². The summed E-state index contributed by atoms with van der Waals surface area (Å²) in [6.45, 7) is 0.480. The molecular weight excluding hydrogens is 336 g/mol. The molecular formula is C19H20N2O3S. The summed E-state index contributed by atoms with van der Waals surface area (Å²) in [5.41, 5.74) is 7.65. The number of nitrogens with two attached hydrogens (primary N) is 1. The number of hydrogen-bond acceptors (Lipinski definition) is 5. The molecule has 0 aromatic heterocycles. The highest BCUT2D eigenvalue weighted by Gasteiger charge is 2.53. The van der Waals surface area contributed by atoms with E-state index in [1.165, 1.54) is 16.7 Å². The van der Waals surface area contributed by atoms with Gasteiger partial charge in [0.15, 0.2) is 10.9 Å². The van der Waals surface area contributed by atoms with Crippen LogP contribution in [0.5, 0.6) is 0 Å². The molecule has 25 heavy (non-hydrogen) atoms. The number of benzene rings is 2. The molecule has 1 heterocycles. The quantitative estimate of drug-likeness (QED) is 0.489. The Morgan fingerprint density at radius 1 is 1.20 bits per heavy atom. The van der Waals surface area contributed by atoms with E-state index in [9.17, 15) is 9.59 Å². The van der Waals surface area contributed by atoms with Gasteiger partial charge < -0.3 is 15.4 Å². The number of thioether (sulfide) groups is 1. The smallest absolute Gasteiger partial charge is 0.333 e. The van der Waals surface area contributed by atoms with Crippen LogP contribution in [0.25, 0.3) is 0 Å². The molecule has 2 aromatic carbocycles. The van der Waals surface area contributed by atoms with Gasteiger partial charge in [-0.05, 0) is 17.4 Å². The maximum atomic E-state index is 12.7. The molecule has 0 bridgehead atoms. The van der Waals surface area contributed by atoms with Crippen molar-refractivity contribution in [2.75, 3.05) is 12.8 Å². The van der Waals surface area contributed by atoms with E-state index in [2.05, 4.69) is 0 Å². The predicted molar refractivity (Wildman–Crippen MR) is 97.6 cm³/mol. The third-order valence-corrected chi connectivity index (χ3v) is 5.30. The summed E-state index contributed by atoms with van der Waals surface area (Å²) in [5.74, 6) is -0.697. The highest BCUT2D eigenvalue weighted by molar-refractivity contribution is 8.00. The molecule has 3 rings (SSSR count). The summed E-state index contributed by atoms with van der Waals surface area (Å²) in [6.07, 6.45) is 1.79. The molecule has 0 spiro atoms. The lowest BCUT2D eigenvalue weighted by Gasteiger charge is -2.48. The number of carbonyl (C=O) groups excluding carboxylic acids is 2. The zero-order valence-corrected chi connectivity index (χ0v) is 14.7. The van der Waals surface area contributed by atoms with E-state index in [1.54, 1.807) is 6.26 Å². The molecule has 2 N–H and O–H groups in total. The number of rotatable bonds is 6. The maximum Gasteiger partial charge on any atom is 0.333 e. The lowest BCUT2D eigenvalue weighted by atomic mass is 9.98. The van der Waals surface area contributed by atoms with Crippen LogP contribution in [0.2, 0.25) is 0 Å². The maximum absolute atomic E-state index is 12.7. The van der Waals surface area contributed by atoms with Gasteiger partial charge in [-0.15, -0.1) is 11.8 Å². The van der Waals surface area contributed by atoms with Crippen LogP contribution in [-0.2, 0) is 20.9 Å². The SMILES string of the molecule is CS[C@]1(N)CN(C(C(=O)OCc2ccccc2)c2ccccc2)C1=O. The Labute approximate surface area is 151 Å². The number of ether oxygens (including phenoxy) is 1. The van der Waals surface area contributed by atoms with Gasteiger partial charge in [0.25, 0.3) is 5.91 Å². The van der Waals surface area contributed by atoms with Crippen LogP contribution in [0.3, 0.4) is 0 Å². The zero-order chi connectivity index (χ0) is 17.9. The molecule has 1 fully saturated rings. The lowest BCUT2D eigenvalue weighted by molar-refractivity contribution is -0.164. The standard InChI is InChI=1S/C19H20N2O3S/c1-25-19(20)13-21(18(19)23)16(15-10-6-3-7-11-15)17(22)24-12-14-8-4-2-5-9-14/h2-11,16H,12-13,20H2,1H3/t16?,19-/m1/s1. The fraction of sp³-hybridized carbons (Fsp3) is 0.263. The molecule has 1 unspecified atom stereocenters. The van der Waals surface area contributed by atoms with E-state index in [0.717, 1.165) is 11.1 Å². The Bertz CT molecular complexity index is 754. The molecule has 5 nitrogen and oxygen atoms in total. The van der Waals surface area contributed by atoms with E-state index in [1.807, 2.05) is 60.7 Å². The number of likely N-dealkylation sites (tertiary alicyclic amines) is 1. The number of amides is 1. The molecule has 1 aliphatic rings. The summed E-state index contributed by atoms with van der Waals surface area (Å²) in [7, 11) is 0. The Morgan fingerprint density at radius 2 is 1.80 bits per heavy atom. The number of β-lactam (4-membered cyclic amide) rings is 1. The molecule has 2 aromatic rings. The highest BCUT2D eigenvalue weighted by atomic mass is 32.2. The van der Waals surface area contributed by atoms with Crippen molar-refractivity contribution >= 4 is 23.6 Å². The van der Waals surface area contributed by atoms with Crippen LogP contribution >= 0.6 is 11.8 Å². The largest absolute Gasteiger partial charge is 0.459 e. The van der Waals surface area contributed by atoms with Gasteiger partial charge in [-0.3, -0.25) is 4.79 Å². The first-order chi connectivity index (χ1) is 12.0. The lowest BCUT2D eigenvalue weighted by Crippen LogP contribution is -2.70. The molecule has 0 aliphatic carbocycles. The van der Waals surface area contributed by atoms with E-state index in [4.69, 9.17) is 10.5 Å². The van der Waals surface area contributed by atoms with Crippen molar-refractivity contribution in [3.63, 3.8) is 0 Å². The van der Waals surface area contributed by atoms with Gasteiger partial charge in [0.1, 0.15) is 6.61 Å². The average Bonchev–Trinajstić information content (AvgIpc) is 2.67. The van der Waals surface area contributed by atoms with E-state index in [0.29, 0.717) is 6.54 Å². The van der Waals surface area contributed by atoms with Crippen molar-refractivity contribution < 1.29 is 14.3 Å². The minimum atomic E-state index is -0.952. The van der Waals surface area contributed by atoms with Crippen LogP contribution in [0.4, 0.5) is 0 Å². The van der Waals surface area contributed by atoms with Crippen LogP contribution in [0.1, 0.15) is 17.2 Å². The number of nitrogens with zero attached hydrogens (tertiary/aromatic N) is 1. The summed E-state index contributed by atoms with van der Waals surface area (Å²) >= 11 is 1.29. The Kier molecular flexibility index (Phi) is 5.11. The Morgan fingerprint density at radius 3 is 2.36 bits per heavy atom. The zero-order valence-electron chi connectivity index (χ0n) is 13.9. The van der Waals surface area contributed by atoms with Crippen molar-refractivity contribution in [2.45, 2.75) is 17.5 Å². The second-order valence-electron chi connectivity index (χ2n) is 5.93. The van der Waals surface area contributed by atoms with Gasteiger partial charge in [-0.2, -0.15) is 0 Å². The summed E-state index contributed by atoms with van der Waals surface area (Å²) in [6, 6.07) is 17.8. The van der Waals surface area contributed by atoms with E-state index < -0.39 is 16.9 Å². The Hall–Kier alpha value is -2.31. The summed E-state index contributed by atoms with van der Waals surface area (Å²) < 4.78 is 5.47. The molecule has 1 aliphatic heterocycles. The topological polar surface area (TPSA) is 72.6 Å². The first-order valence-electron chi connectivity index (χ1n) is 7.96. The second-order valence-corrected chi connectivity index (χ2v) is 7.07. The average molecular weight is 356 g/mol. The fourth-order valence-electron chi connectivity index (χ4n) is 2.79. The first-order valence-corrected chi connectivity index (χ1v) is 9.18. The number of carbonyl (C=O) groups is 2. The van der Waals surface area contributed by atoms with Crippen molar-refractivity contribution in [2.24, 2.45) is 5.73 Å². The molecule has 1 saturated heterocycles. The monoisotopic (exact) mass is 356 g/mol. The summed E-state index contributed by atoms with van der Waals surface area (Å²) in [4.78, 5) is 25.7. The Balaban J connectivity index is 1.78. The first kappa shape index (κ1) is 17.5. The van der Waals surface area contributed by atoms with Crippen LogP contribution in [0.15, 0.2) is 60.7 Å². The van der Waals surface area contributed by atoms with Gasteiger partial charge in [0.2, 0.25) is 0 Å². The minimum absolute atomic E-state index is 0.168. The van der Waals surface area contributed by atoms with Gasteiger partial charge in [0.05, 0.1) is 6.54 Å². The van der Waals surface area contributed by atoms with Crippen molar-refractivity contribution in [3.8, 4) is 0 Å². The van der Waals surface area contributed by atoms with E-state index in [-0.39, 0.29) is 12.5 Å². The van der Waals surface area contributed by atoms with Gasteiger partial charge in [-0.25, -0.2) is 4.79 Å². The van der Waals surface area contributed by atoms with Gasteiger partial charge in [-0.1, -0.05) is 60.7 Å². The molecule has 1 amide bonds. The van der Waals surface area contributed by atoms with Crippen LogP contribution < -0.4 is 5.73 Å². The number of esters is 1. The van der Waals surface area contributed by atoms with Crippen molar-refractivity contribution in [1.82, 2.24) is 4.90 Å². The molecule has 0 radical (unpaired) electrons. The molecule has 2 atom stereocenters. The normalized spacial score (nSPS) is 20.7. The second kappa shape index (κ2) is 7.29. The third-order valence-electron chi connectivity index (χ3n) is 4.27. The minimum Gasteiger partial charge on any atom is -0.459 e. The van der Waals surface area contributed by atoms with E-state index >= 15 is 0 Å². The third kappa shape index (κ3) is 3.55. The van der Waals surface area contributed by atoms with Crippen molar-refractivity contribution in [1.29, 1.82) is 0 Å². The summed E-state index contributed by atoms with van der Waals surface area (Å²) in [5, 5.41) is 0. The molecule has 6 heteroatoms.